The normalized spacial score (nSPS) is 32.9. The van der Waals surface area contributed by atoms with E-state index in [0.717, 1.165) is 38.6 Å². The van der Waals surface area contributed by atoms with Gasteiger partial charge in [-0.15, -0.1) is 0 Å². The molecule has 0 radical (unpaired) electrons. The highest BCUT2D eigenvalue weighted by Gasteiger charge is 2.47. The Kier molecular flexibility index (Phi) is 10.2. The molecule has 1 spiro atoms. The highest BCUT2D eigenvalue weighted by molar-refractivity contribution is 5.90. The molecule has 0 aromatic heterocycles. The fourth-order valence-electron chi connectivity index (χ4n) is 6.83. The zero-order valence-electron chi connectivity index (χ0n) is 24.9. The molecule has 8 heteroatoms. The van der Waals surface area contributed by atoms with Crippen LogP contribution in [0.3, 0.4) is 0 Å². The maximum atomic E-state index is 14.0. The van der Waals surface area contributed by atoms with Gasteiger partial charge in [-0.3, -0.25) is 9.59 Å². The molecular formula is C30H54N4O4. The number of carbonyl (C=O) groups excluding carboxylic acids is 2. The fraction of sp³-hybridized carbons (Fsp3) is 0.933. The minimum Gasteiger partial charge on any atom is -0.349 e. The average Bonchev–Trinajstić information content (AvgIpc) is 2.86. The third-order valence-corrected chi connectivity index (χ3v) is 9.10. The lowest BCUT2D eigenvalue weighted by Gasteiger charge is -2.50. The van der Waals surface area contributed by atoms with Crippen LogP contribution in [-0.4, -0.2) is 103 Å². The van der Waals surface area contributed by atoms with Crippen LogP contribution in [0.2, 0.25) is 0 Å². The predicted molar refractivity (Wildman–Crippen MR) is 150 cm³/mol. The Balaban J connectivity index is 1.34. The number of nitrogens with one attached hydrogen (secondary N) is 1. The second-order valence-corrected chi connectivity index (χ2v) is 13.5. The lowest BCUT2D eigenvalue weighted by molar-refractivity contribution is -0.303. The lowest BCUT2D eigenvalue weighted by atomic mass is 9.92. The highest BCUT2D eigenvalue weighted by atomic mass is 16.7. The Morgan fingerprint density at radius 2 is 1.71 bits per heavy atom. The molecule has 1 N–H and O–H groups in total. The smallest absolute Gasteiger partial charge is 0.245 e. The van der Waals surface area contributed by atoms with Gasteiger partial charge < -0.3 is 29.5 Å². The van der Waals surface area contributed by atoms with Crippen molar-refractivity contribution >= 4 is 11.8 Å². The largest absolute Gasteiger partial charge is 0.349 e. The van der Waals surface area contributed by atoms with Crippen molar-refractivity contribution in [1.29, 1.82) is 0 Å². The first-order valence-electron chi connectivity index (χ1n) is 15.4. The molecule has 4 aliphatic rings. The van der Waals surface area contributed by atoms with E-state index in [1.807, 2.05) is 9.80 Å². The van der Waals surface area contributed by atoms with Crippen molar-refractivity contribution in [2.45, 2.75) is 104 Å². The molecule has 3 atom stereocenters. The van der Waals surface area contributed by atoms with Crippen molar-refractivity contribution in [1.82, 2.24) is 20.0 Å². The summed E-state index contributed by atoms with van der Waals surface area (Å²) >= 11 is 0. The molecule has 0 aromatic rings. The van der Waals surface area contributed by atoms with E-state index in [2.05, 4.69) is 51.8 Å². The van der Waals surface area contributed by atoms with Gasteiger partial charge in [0.1, 0.15) is 6.04 Å². The Labute approximate surface area is 231 Å². The van der Waals surface area contributed by atoms with Crippen LogP contribution in [0.5, 0.6) is 0 Å². The number of carbonyl (C=O) groups is 2. The number of rotatable bonds is 8. The molecule has 4 saturated heterocycles. The molecule has 0 aromatic carbocycles. The van der Waals surface area contributed by atoms with Gasteiger partial charge in [-0.25, -0.2) is 0 Å². The minimum atomic E-state index is -0.579. The van der Waals surface area contributed by atoms with Gasteiger partial charge in [-0.1, -0.05) is 34.6 Å². The summed E-state index contributed by atoms with van der Waals surface area (Å²) in [6.45, 7) is 19.8. The quantitative estimate of drug-likeness (QED) is 0.515. The number of likely N-dealkylation sites (tertiary alicyclic amines) is 2. The Bertz CT molecular complexity index is 789. The zero-order chi connectivity index (χ0) is 27.4. The number of piperazine rings is 1. The third-order valence-electron chi connectivity index (χ3n) is 9.10. The van der Waals surface area contributed by atoms with Crippen LogP contribution < -0.4 is 5.32 Å². The highest BCUT2D eigenvalue weighted by Crippen LogP contribution is 2.36. The van der Waals surface area contributed by atoms with E-state index in [0.29, 0.717) is 50.1 Å². The summed E-state index contributed by atoms with van der Waals surface area (Å²) in [5.74, 6) is 1.60. The average molecular weight is 535 g/mol. The van der Waals surface area contributed by atoms with Gasteiger partial charge in [0.15, 0.2) is 5.79 Å². The van der Waals surface area contributed by atoms with E-state index in [1.54, 1.807) is 0 Å². The summed E-state index contributed by atoms with van der Waals surface area (Å²) in [6.07, 6.45) is 5.44. The molecule has 218 valence electrons. The van der Waals surface area contributed by atoms with E-state index >= 15 is 0 Å². The van der Waals surface area contributed by atoms with Crippen molar-refractivity contribution in [2.24, 2.45) is 23.7 Å². The molecule has 0 unspecified atom stereocenters. The van der Waals surface area contributed by atoms with Gasteiger partial charge in [-0.2, -0.15) is 0 Å². The van der Waals surface area contributed by atoms with E-state index in [4.69, 9.17) is 9.47 Å². The SMILES string of the molecule is CC(C)C[C@@H]1NCCN([C@@H](CC(C)C)C(=O)N2CC[C@]3(C[C@@H]2C)OC[C@H](CN2CCC(C)CC2)CO3)C1=O. The van der Waals surface area contributed by atoms with Crippen LogP contribution >= 0.6 is 0 Å². The van der Waals surface area contributed by atoms with Gasteiger partial charge in [0.25, 0.3) is 0 Å². The van der Waals surface area contributed by atoms with Crippen LogP contribution in [-0.2, 0) is 19.1 Å². The minimum absolute atomic E-state index is 0.00974. The van der Waals surface area contributed by atoms with Gasteiger partial charge in [-0.05, 0) is 63.5 Å². The molecule has 38 heavy (non-hydrogen) atoms. The second-order valence-electron chi connectivity index (χ2n) is 13.5. The number of nitrogens with zero attached hydrogens (tertiary/aromatic N) is 3. The van der Waals surface area contributed by atoms with E-state index in [9.17, 15) is 9.59 Å². The molecule has 4 rings (SSSR count). The first kappa shape index (κ1) is 29.8. The van der Waals surface area contributed by atoms with Crippen LogP contribution in [0.25, 0.3) is 0 Å². The van der Waals surface area contributed by atoms with Gasteiger partial charge in [0.05, 0.1) is 19.3 Å². The maximum Gasteiger partial charge on any atom is 0.245 e. The summed E-state index contributed by atoms with van der Waals surface area (Å²) in [6, 6.07) is -0.588. The van der Waals surface area contributed by atoms with Crippen molar-refractivity contribution in [3.05, 3.63) is 0 Å². The molecule has 0 bridgehead atoms. The lowest BCUT2D eigenvalue weighted by Crippen LogP contribution is -2.64. The van der Waals surface area contributed by atoms with Crippen molar-refractivity contribution < 1.29 is 19.1 Å². The molecule has 4 aliphatic heterocycles. The summed E-state index contributed by atoms with van der Waals surface area (Å²) < 4.78 is 12.9. The van der Waals surface area contributed by atoms with Crippen molar-refractivity contribution in [2.75, 3.05) is 52.5 Å². The molecule has 2 amide bonds. The Morgan fingerprint density at radius 1 is 1.03 bits per heavy atom. The number of amides is 2. The molecule has 0 aliphatic carbocycles. The maximum absolute atomic E-state index is 14.0. The summed E-state index contributed by atoms with van der Waals surface area (Å²) in [7, 11) is 0. The number of piperidine rings is 2. The van der Waals surface area contributed by atoms with Crippen LogP contribution in [0.1, 0.15) is 80.1 Å². The van der Waals surface area contributed by atoms with E-state index in [-0.39, 0.29) is 23.9 Å². The fourth-order valence-corrected chi connectivity index (χ4v) is 6.83. The summed E-state index contributed by atoms with van der Waals surface area (Å²) in [4.78, 5) is 33.9. The van der Waals surface area contributed by atoms with Crippen LogP contribution in [0.4, 0.5) is 0 Å². The van der Waals surface area contributed by atoms with E-state index in [1.165, 1.54) is 25.9 Å². The summed E-state index contributed by atoms with van der Waals surface area (Å²) in [5.41, 5.74) is 0. The predicted octanol–water partition coefficient (Wildman–Crippen LogP) is 3.35. The van der Waals surface area contributed by atoms with Crippen molar-refractivity contribution in [3.63, 3.8) is 0 Å². The number of ether oxygens (including phenoxy) is 2. The first-order chi connectivity index (χ1) is 18.1. The number of hydrogen-bond donors (Lipinski definition) is 1. The topological polar surface area (TPSA) is 74.3 Å². The zero-order valence-corrected chi connectivity index (χ0v) is 24.9. The first-order valence-corrected chi connectivity index (χ1v) is 15.4. The van der Waals surface area contributed by atoms with Crippen molar-refractivity contribution in [3.8, 4) is 0 Å². The summed E-state index contributed by atoms with van der Waals surface area (Å²) in [5, 5.41) is 3.38. The molecular weight excluding hydrogens is 480 g/mol. The van der Waals surface area contributed by atoms with Gasteiger partial charge >= 0.3 is 0 Å². The van der Waals surface area contributed by atoms with Gasteiger partial charge in [0, 0.05) is 51.0 Å². The second kappa shape index (κ2) is 13.0. The van der Waals surface area contributed by atoms with Crippen LogP contribution in [0.15, 0.2) is 0 Å². The molecule has 8 nitrogen and oxygen atoms in total. The molecule has 4 heterocycles. The van der Waals surface area contributed by atoms with Gasteiger partial charge in [0.2, 0.25) is 11.8 Å². The standard InChI is InChI=1S/C30H54N4O4/c1-21(2)15-26-28(35)34(14-10-31-26)27(16-22(3)4)29(36)33-13-9-30(17-24(33)6)37-19-25(20-38-30)18-32-11-7-23(5)8-12-32/h21-27,31H,7-20H2,1-6H3/t24-,25-,26-,27-,30-/m0/s1. The van der Waals surface area contributed by atoms with E-state index < -0.39 is 11.8 Å². The number of hydrogen-bond acceptors (Lipinski definition) is 6. The Morgan fingerprint density at radius 3 is 2.32 bits per heavy atom. The third kappa shape index (κ3) is 7.29. The monoisotopic (exact) mass is 534 g/mol. The van der Waals surface area contributed by atoms with Crippen LogP contribution in [0, 0.1) is 23.7 Å². The molecule has 4 fully saturated rings. The molecule has 0 saturated carbocycles. The Hall–Kier alpha value is -1.22.